The van der Waals surface area contributed by atoms with Gasteiger partial charge in [0.1, 0.15) is 11.6 Å². The standard InChI is InChI=1S/C20H19ClN6O3/c1-29-16-3-2-12(8-14(16)21)20-25-18(26-30-20)13-10-23-27-15(13)9-17(28)24-19(27)11-4-6-22-7-5-11/h2-3,8,10-11,22H,4-7,9H2,1H3. The van der Waals surface area contributed by atoms with Gasteiger partial charge in [0, 0.05) is 11.5 Å². The van der Waals surface area contributed by atoms with E-state index in [4.69, 9.17) is 20.9 Å². The monoisotopic (exact) mass is 426 g/mol. The van der Waals surface area contributed by atoms with E-state index in [1.807, 2.05) is 0 Å². The summed E-state index contributed by atoms with van der Waals surface area (Å²) in [4.78, 5) is 21.1. The molecule has 0 unspecified atom stereocenters. The van der Waals surface area contributed by atoms with Crippen molar-refractivity contribution in [2.45, 2.75) is 19.3 Å². The molecule has 0 atom stereocenters. The molecule has 1 aromatic carbocycles. The lowest BCUT2D eigenvalue weighted by Crippen LogP contribution is -2.38. The van der Waals surface area contributed by atoms with Crippen LogP contribution in [0.5, 0.6) is 5.75 Å². The van der Waals surface area contributed by atoms with Crippen LogP contribution in [-0.4, -0.2) is 51.9 Å². The summed E-state index contributed by atoms with van der Waals surface area (Å²) in [5.41, 5.74) is 2.08. The Bertz CT molecular complexity index is 1150. The van der Waals surface area contributed by atoms with Crippen molar-refractivity contribution in [2.75, 3.05) is 20.2 Å². The molecule has 0 radical (unpaired) electrons. The second kappa shape index (κ2) is 7.66. The van der Waals surface area contributed by atoms with Gasteiger partial charge in [-0.3, -0.25) is 4.79 Å². The number of methoxy groups -OCH3 is 1. The van der Waals surface area contributed by atoms with E-state index in [9.17, 15) is 4.79 Å². The number of nitrogens with zero attached hydrogens (tertiary/aromatic N) is 5. The van der Waals surface area contributed by atoms with Crippen LogP contribution in [-0.2, 0) is 11.2 Å². The number of hydrogen-bond donors (Lipinski definition) is 1. The highest BCUT2D eigenvalue weighted by molar-refractivity contribution is 6.32. The summed E-state index contributed by atoms with van der Waals surface area (Å²) in [6.45, 7) is 1.81. The second-order valence-electron chi connectivity index (χ2n) is 7.25. The van der Waals surface area contributed by atoms with Crippen LogP contribution in [0.2, 0.25) is 5.02 Å². The molecule has 3 aromatic rings. The molecule has 0 spiro atoms. The molecular weight excluding hydrogens is 408 g/mol. The van der Waals surface area contributed by atoms with Crippen LogP contribution < -0.4 is 10.1 Å². The van der Waals surface area contributed by atoms with Crippen molar-refractivity contribution in [3.05, 3.63) is 35.1 Å². The first-order valence-electron chi connectivity index (χ1n) is 9.71. The number of carbonyl (C=O) groups is 1. The van der Waals surface area contributed by atoms with Crippen LogP contribution in [0, 0.1) is 5.92 Å². The second-order valence-corrected chi connectivity index (χ2v) is 7.66. The van der Waals surface area contributed by atoms with Gasteiger partial charge in [-0.25, -0.2) is 4.68 Å². The van der Waals surface area contributed by atoms with Gasteiger partial charge in [-0.15, -0.1) is 0 Å². The van der Waals surface area contributed by atoms with E-state index in [0.29, 0.717) is 39.4 Å². The molecular formula is C20H19ClN6O3. The minimum Gasteiger partial charge on any atom is -0.495 e. The van der Waals surface area contributed by atoms with Gasteiger partial charge < -0.3 is 14.6 Å². The molecule has 9 nitrogen and oxygen atoms in total. The Hall–Kier alpha value is -3.04. The highest BCUT2D eigenvalue weighted by Gasteiger charge is 2.31. The third-order valence-electron chi connectivity index (χ3n) is 5.41. The molecule has 0 bridgehead atoms. The Labute approximate surface area is 177 Å². The lowest BCUT2D eigenvalue weighted by atomic mass is 9.95. The minimum absolute atomic E-state index is 0.155. The molecule has 10 heteroatoms. The van der Waals surface area contributed by atoms with Crippen LogP contribution in [0.3, 0.4) is 0 Å². The third kappa shape index (κ3) is 3.29. The first kappa shape index (κ1) is 19.0. The molecule has 0 saturated carbocycles. The van der Waals surface area contributed by atoms with Gasteiger partial charge in [0.2, 0.25) is 5.82 Å². The smallest absolute Gasteiger partial charge is 0.258 e. The van der Waals surface area contributed by atoms with E-state index >= 15 is 0 Å². The summed E-state index contributed by atoms with van der Waals surface area (Å²) in [5.74, 6) is 1.99. The number of ether oxygens (including phenoxy) is 1. The van der Waals surface area contributed by atoms with Gasteiger partial charge in [-0.2, -0.15) is 15.1 Å². The fourth-order valence-corrected chi connectivity index (χ4v) is 4.14. The molecule has 2 aliphatic rings. The van der Waals surface area contributed by atoms with Crippen LogP contribution in [0.4, 0.5) is 0 Å². The van der Waals surface area contributed by atoms with Crippen LogP contribution in [0.1, 0.15) is 18.5 Å². The Morgan fingerprint density at radius 3 is 2.90 bits per heavy atom. The van der Waals surface area contributed by atoms with Gasteiger partial charge in [-0.05, 0) is 44.1 Å². The van der Waals surface area contributed by atoms with Crippen molar-refractivity contribution < 1.29 is 14.1 Å². The quantitative estimate of drug-likeness (QED) is 0.683. The van der Waals surface area contributed by atoms with Gasteiger partial charge in [0.25, 0.3) is 11.8 Å². The number of piperidine rings is 1. The average molecular weight is 427 g/mol. The molecule has 2 aliphatic heterocycles. The Morgan fingerprint density at radius 1 is 1.30 bits per heavy atom. The van der Waals surface area contributed by atoms with Crippen LogP contribution >= 0.6 is 11.6 Å². The normalized spacial score (nSPS) is 17.0. The predicted molar refractivity (Wildman–Crippen MR) is 110 cm³/mol. The summed E-state index contributed by atoms with van der Waals surface area (Å²) in [6, 6.07) is 5.24. The molecule has 2 aromatic heterocycles. The van der Waals surface area contributed by atoms with Crippen molar-refractivity contribution in [3.63, 3.8) is 0 Å². The van der Waals surface area contributed by atoms with Gasteiger partial charge in [0.15, 0.2) is 0 Å². The Kier molecular flexibility index (Phi) is 4.84. The molecule has 1 N–H and O–H groups in total. The maximum absolute atomic E-state index is 12.3. The number of nitrogens with one attached hydrogen (secondary N) is 1. The van der Waals surface area contributed by atoms with Crippen LogP contribution in [0.25, 0.3) is 22.8 Å². The average Bonchev–Trinajstić information content (AvgIpc) is 3.41. The first-order chi connectivity index (χ1) is 14.6. The lowest BCUT2D eigenvalue weighted by Gasteiger charge is -2.26. The number of hydrogen-bond acceptors (Lipinski definition) is 7. The first-order valence-corrected chi connectivity index (χ1v) is 10.1. The predicted octanol–water partition coefficient (Wildman–Crippen LogP) is 2.59. The zero-order valence-corrected chi connectivity index (χ0v) is 17.0. The number of aliphatic imine (C=N–C) groups is 1. The largest absolute Gasteiger partial charge is 0.495 e. The number of amides is 1. The fourth-order valence-electron chi connectivity index (χ4n) is 3.88. The molecule has 1 fully saturated rings. The number of carbonyl (C=O) groups excluding carboxylic acids is 1. The maximum Gasteiger partial charge on any atom is 0.258 e. The number of halogens is 1. The molecule has 1 saturated heterocycles. The molecule has 4 heterocycles. The van der Waals surface area contributed by atoms with E-state index in [0.717, 1.165) is 31.6 Å². The molecule has 1 amide bonds. The highest BCUT2D eigenvalue weighted by Crippen LogP contribution is 2.32. The maximum atomic E-state index is 12.3. The highest BCUT2D eigenvalue weighted by atomic mass is 35.5. The summed E-state index contributed by atoms with van der Waals surface area (Å²) in [5, 5.41) is 12.4. The zero-order chi connectivity index (χ0) is 20.7. The number of fused-ring (bicyclic) bond motifs is 1. The summed E-state index contributed by atoms with van der Waals surface area (Å²) in [6.07, 6.45) is 3.67. The van der Waals surface area contributed by atoms with E-state index in [-0.39, 0.29) is 18.2 Å². The molecule has 30 heavy (non-hydrogen) atoms. The third-order valence-corrected chi connectivity index (χ3v) is 5.71. The Balaban J connectivity index is 1.49. The molecule has 5 rings (SSSR count). The van der Waals surface area contributed by atoms with E-state index in [1.165, 1.54) is 0 Å². The molecule has 0 aliphatic carbocycles. The summed E-state index contributed by atoms with van der Waals surface area (Å²) < 4.78 is 12.4. The Morgan fingerprint density at radius 2 is 2.13 bits per heavy atom. The van der Waals surface area contributed by atoms with Gasteiger partial charge in [-0.1, -0.05) is 16.8 Å². The zero-order valence-electron chi connectivity index (χ0n) is 16.3. The molecule has 154 valence electrons. The number of benzene rings is 1. The fraction of sp³-hybridized carbons (Fsp3) is 0.350. The van der Waals surface area contributed by atoms with Gasteiger partial charge in [0.05, 0.1) is 36.0 Å². The number of rotatable bonds is 4. The van der Waals surface area contributed by atoms with Crippen molar-refractivity contribution >= 4 is 23.3 Å². The van der Waals surface area contributed by atoms with E-state index in [1.54, 1.807) is 36.2 Å². The summed E-state index contributed by atoms with van der Waals surface area (Å²) >= 11 is 6.20. The van der Waals surface area contributed by atoms with Gasteiger partial charge >= 0.3 is 0 Å². The minimum atomic E-state index is -0.177. The summed E-state index contributed by atoms with van der Waals surface area (Å²) in [7, 11) is 1.55. The van der Waals surface area contributed by atoms with Crippen LogP contribution in [0.15, 0.2) is 33.9 Å². The number of aromatic nitrogens is 4. The van der Waals surface area contributed by atoms with Crippen molar-refractivity contribution in [1.29, 1.82) is 0 Å². The lowest BCUT2D eigenvalue weighted by molar-refractivity contribution is -0.117. The van der Waals surface area contributed by atoms with Crippen molar-refractivity contribution in [3.8, 4) is 28.6 Å². The van der Waals surface area contributed by atoms with E-state index < -0.39 is 0 Å². The topological polar surface area (TPSA) is 107 Å². The van der Waals surface area contributed by atoms with Crippen molar-refractivity contribution in [1.82, 2.24) is 25.2 Å². The SMILES string of the molecule is COc1ccc(-c2nc(-c3cnn4c3CC(=O)N=C4C3CCNCC3)no2)cc1Cl. The van der Waals surface area contributed by atoms with Crippen molar-refractivity contribution in [2.24, 2.45) is 10.9 Å². The van der Waals surface area contributed by atoms with E-state index in [2.05, 4.69) is 25.5 Å².